The van der Waals surface area contributed by atoms with Gasteiger partial charge in [-0.15, -0.1) is 0 Å². The Kier molecular flexibility index (Phi) is 3.10. The number of carbonyl (C=O) groups excluding carboxylic acids is 1. The lowest BCUT2D eigenvalue weighted by molar-refractivity contribution is -0.111. The van der Waals surface area contributed by atoms with Crippen molar-refractivity contribution in [2.24, 2.45) is 5.10 Å². The van der Waals surface area contributed by atoms with E-state index in [9.17, 15) is 9.59 Å². The fourth-order valence-corrected chi connectivity index (χ4v) is 0.210. The molecule has 0 bridgehead atoms. The summed E-state index contributed by atoms with van der Waals surface area (Å²) in [5.74, 6) is -0.256. The van der Waals surface area contributed by atoms with Crippen LogP contribution >= 0.6 is 0 Å². The van der Waals surface area contributed by atoms with Gasteiger partial charge in [0.2, 0.25) is 0 Å². The van der Waals surface area contributed by atoms with Crippen molar-refractivity contribution in [2.45, 2.75) is 13.8 Å². The number of Topliss-reactive ketones (excluding diaryl/α,β-unsaturated/α-hetero) is 1. The van der Waals surface area contributed by atoms with Gasteiger partial charge in [0.15, 0.2) is 5.78 Å². The molecule has 0 saturated carbocycles. The maximum absolute atomic E-state index is 10.4. The minimum absolute atomic E-state index is 0.141. The molecule has 0 aromatic rings. The molecule has 0 rings (SSSR count). The van der Waals surface area contributed by atoms with Crippen molar-refractivity contribution >= 4 is 17.6 Å². The second kappa shape index (κ2) is 3.60. The number of amides is 1. The summed E-state index contributed by atoms with van der Waals surface area (Å²) in [5.41, 5.74) is 1.85. The third kappa shape index (κ3) is 3.59. The van der Waals surface area contributed by atoms with Crippen LogP contribution in [0.1, 0.15) is 13.8 Å². The highest BCUT2D eigenvalue weighted by molar-refractivity contribution is 6.37. The van der Waals surface area contributed by atoms with Crippen LogP contribution in [0.4, 0.5) is 4.79 Å². The van der Waals surface area contributed by atoms with E-state index in [1.165, 1.54) is 13.8 Å². The van der Waals surface area contributed by atoms with Crippen LogP contribution in [-0.4, -0.2) is 22.7 Å². The fourth-order valence-electron chi connectivity index (χ4n) is 0.210. The number of nitrogens with zero attached hydrogens (tertiary/aromatic N) is 1. The molecule has 0 aliphatic rings. The molecule has 1 amide bonds. The molecule has 2 N–H and O–H groups in total. The smallest absolute Gasteiger partial charge is 0.425 e. The normalized spacial score (nSPS) is 10.8. The number of nitrogens with one attached hydrogen (secondary N) is 1. The quantitative estimate of drug-likeness (QED) is 0.429. The lowest BCUT2D eigenvalue weighted by Gasteiger charge is -1.92. The maximum Gasteiger partial charge on any atom is 0.425 e. The summed E-state index contributed by atoms with van der Waals surface area (Å²) >= 11 is 0. The summed E-state index contributed by atoms with van der Waals surface area (Å²) in [4.78, 5) is 20.2. The van der Waals surface area contributed by atoms with Crippen molar-refractivity contribution in [2.75, 3.05) is 0 Å². The molecule has 0 aliphatic heterocycles. The zero-order chi connectivity index (χ0) is 8.15. The number of hydrogen-bond donors (Lipinski definition) is 2. The highest BCUT2D eigenvalue weighted by atomic mass is 16.4. The van der Waals surface area contributed by atoms with Gasteiger partial charge in [0.05, 0.1) is 0 Å². The Morgan fingerprint density at radius 2 is 1.90 bits per heavy atom. The third-order valence-corrected chi connectivity index (χ3v) is 0.829. The monoisotopic (exact) mass is 144 g/mol. The van der Waals surface area contributed by atoms with E-state index in [0.29, 0.717) is 0 Å². The van der Waals surface area contributed by atoms with Gasteiger partial charge in [0.1, 0.15) is 5.71 Å². The maximum atomic E-state index is 10.4. The van der Waals surface area contributed by atoms with E-state index in [1.54, 1.807) is 5.43 Å². The molecule has 0 spiro atoms. The van der Waals surface area contributed by atoms with Gasteiger partial charge in [-0.2, -0.15) is 5.10 Å². The van der Waals surface area contributed by atoms with Crippen molar-refractivity contribution in [1.29, 1.82) is 0 Å². The largest absolute Gasteiger partial charge is 0.464 e. The molecule has 0 aromatic carbocycles. The first-order chi connectivity index (χ1) is 4.54. The van der Waals surface area contributed by atoms with E-state index in [0.717, 1.165) is 0 Å². The summed E-state index contributed by atoms with van der Waals surface area (Å²) in [6, 6.07) is 0. The SMILES string of the molecule is CC(=O)/C(C)=N/NC(=O)O. The molecule has 5 nitrogen and oxygen atoms in total. The molecule has 0 saturated heterocycles. The summed E-state index contributed by atoms with van der Waals surface area (Å²) < 4.78 is 0. The number of ketones is 1. The van der Waals surface area contributed by atoms with E-state index in [1.807, 2.05) is 0 Å². The molecular formula is C5H8N2O3. The minimum Gasteiger partial charge on any atom is -0.464 e. The number of hydrazone groups is 1. The molecule has 5 heteroatoms. The van der Waals surface area contributed by atoms with Crippen LogP contribution < -0.4 is 5.43 Å². The van der Waals surface area contributed by atoms with Crippen LogP contribution in [0.15, 0.2) is 5.10 Å². The average molecular weight is 144 g/mol. The Labute approximate surface area is 57.7 Å². The fraction of sp³-hybridized carbons (Fsp3) is 0.400. The van der Waals surface area contributed by atoms with E-state index in [4.69, 9.17) is 5.11 Å². The number of carboxylic acid groups (broad SMARTS) is 1. The van der Waals surface area contributed by atoms with Crippen LogP contribution in [-0.2, 0) is 4.79 Å². The highest BCUT2D eigenvalue weighted by Crippen LogP contribution is 1.76. The zero-order valence-corrected chi connectivity index (χ0v) is 5.71. The third-order valence-electron chi connectivity index (χ3n) is 0.829. The van der Waals surface area contributed by atoms with Crippen LogP contribution in [0.25, 0.3) is 0 Å². The van der Waals surface area contributed by atoms with Crippen LogP contribution in [0, 0.1) is 0 Å². The topological polar surface area (TPSA) is 78.8 Å². The molecule has 0 aliphatic carbocycles. The molecular weight excluding hydrogens is 136 g/mol. The van der Waals surface area contributed by atoms with Crippen molar-refractivity contribution in [3.8, 4) is 0 Å². The standard InChI is InChI=1S/C5H8N2O3/c1-3(4(2)8)6-7-5(9)10/h7H,1-2H3,(H,9,10)/b6-3+. The second-order valence-electron chi connectivity index (χ2n) is 1.67. The average Bonchev–Trinajstić information content (AvgIpc) is 1.82. The van der Waals surface area contributed by atoms with Gasteiger partial charge in [-0.05, 0) is 6.92 Å². The van der Waals surface area contributed by atoms with Crippen molar-refractivity contribution < 1.29 is 14.7 Å². The number of rotatable bonds is 2. The predicted octanol–water partition coefficient (Wildman–Crippen LogP) is 0.219. The summed E-state index contributed by atoms with van der Waals surface area (Å²) in [6.07, 6.45) is -1.28. The Balaban J connectivity index is 3.92. The summed E-state index contributed by atoms with van der Waals surface area (Å²) in [7, 11) is 0. The molecule has 0 radical (unpaired) electrons. The molecule has 56 valence electrons. The van der Waals surface area contributed by atoms with Gasteiger partial charge < -0.3 is 5.11 Å². The Bertz CT molecular complexity index is 185. The second-order valence-corrected chi connectivity index (χ2v) is 1.67. The Morgan fingerprint density at radius 1 is 1.40 bits per heavy atom. The summed E-state index contributed by atoms with van der Waals surface area (Å²) in [6.45, 7) is 2.74. The van der Waals surface area contributed by atoms with Crippen molar-refractivity contribution in [3.63, 3.8) is 0 Å². The molecule has 0 unspecified atom stereocenters. The van der Waals surface area contributed by atoms with E-state index < -0.39 is 6.09 Å². The summed E-state index contributed by atoms with van der Waals surface area (Å²) in [5, 5.41) is 11.3. The molecule has 10 heavy (non-hydrogen) atoms. The number of hydrogen-bond acceptors (Lipinski definition) is 3. The minimum atomic E-state index is -1.28. The lowest BCUT2D eigenvalue weighted by atomic mass is 10.3. The number of carbonyl (C=O) groups is 2. The van der Waals surface area contributed by atoms with E-state index >= 15 is 0 Å². The Morgan fingerprint density at radius 3 is 2.20 bits per heavy atom. The predicted molar refractivity (Wildman–Crippen MR) is 35.0 cm³/mol. The first-order valence-electron chi connectivity index (χ1n) is 2.58. The van der Waals surface area contributed by atoms with Crippen LogP contribution in [0.5, 0.6) is 0 Å². The van der Waals surface area contributed by atoms with Gasteiger partial charge >= 0.3 is 6.09 Å². The van der Waals surface area contributed by atoms with Gasteiger partial charge in [0, 0.05) is 6.92 Å². The van der Waals surface area contributed by atoms with Crippen molar-refractivity contribution in [1.82, 2.24) is 5.43 Å². The zero-order valence-electron chi connectivity index (χ0n) is 5.71. The Hall–Kier alpha value is -1.39. The van der Waals surface area contributed by atoms with Gasteiger partial charge in [-0.1, -0.05) is 0 Å². The first kappa shape index (κ1) is 8.61. The van der Waals surface area contributed by atoms with E-state index in [2.05, 4.69) is 5.10 Å². The van der Waals surface area contributed by atoms with Gasteiger partial charge in [-0.3, -0.25) is 4.79 Å². The van der Waals surface area contributed by atoms with Crippen LogP contribution in [0.3, 0.4) is 0 Å². The molecule has 0 aromatic heterocycles. The van der Waals surface area contributed by atoms with Gasteiger partial charge in [0.25, 0.3) is 0 Å². The first-order valence-corrected chi connectivity index (χ1v) is 2.58. The molecule has 0 fully saturated rings. The van der Waals surface area contributed by atoms with Gasteiger partial charge in [-0.25, -0.2) is 10.2 Å². The van der Waals surface area contributed by atoms with Crippen molar-refractivity contribution in [3.05, 3.63) is 0 Å². The highest BCUT2D eigenvalue weighted by Gasteiger charge is 1.97. The van der Waals surface area contributed by atoms with E-state index in [-0.39, 0.29) is 11.5 Å². The molecule has 0 atom stereocenters. The van der Waals surface area contributed by atoms with Crippen LogP contribution in [0.2, 0.25) is 0 Å². The lowest BCUT2D eigenvalue weighted by Crippen LogP contribution is -2.18. The molecule has 0 heterocycles.